The molecule has 1 fully saturated rings. The molecule has 0 aliphatic carbocycles. The number of nitrogens with two attached hydrogens (primary N) is 1. The van der Waals surface area contributed by atoms with E-state index in [-0.39, 0.29) is 30.3 Å². The van der Waals surface area contributed by atoms with Crippen LogP contribution in [0.25, 0.3) is 0 Å². The fourth-order valence-electron chi connectivity index (χ4n) is 2.96. The van der Waals surface area contributed by atoms with E-state index in [9.17, 15) is 4.79 Å². The molecule has 2 rings (SSSR count). The topological polar surface area (TPSA) is 46.3 Å². The predicted octanol–water partition coefficient (Wildman–Crippen LogP) is 3.19. The smallest absolute Gasteiger partial charge is 0.223 e. The molecule has 0 radical (unpaired) electrons. The maximum Gasteiger partial charge on any atom is 0.223 e. The van der Waals surface area contributed by atoms with Crippen molar-refractivity contribution < 1.29 is 4.79 Å². The van der Waals surface area contributed by atoms with Gasteiger partial charge in [-0.2, -0.15) is 0 Å². The summed E-state index contributed by atoms with van der Waals surface area (Å²) in [6.07, 6.45) is 2.82. The molecule has 3 atom stereocenters. The lowest BCUT2D eigenvalue weighted by atomic mass is 9.91. The average Bonchev–Trinajstić information content (AvgIpc) is 2.48. The Morgan fingerprint density at radius 1 is 1.33 bits per heavy atom. The van der Waals surface area contributed by atoms with E-state index < -0.39 is 0 Å². The molecule has 2 N–H and O–H groups in total. The SMILES string of the molecule is CC(CC(=O)N1CCCC(C(C)N)C1)c1ccccc1.Cl. The van der Waals surface area contributed by atoms with Crippen LogP contribution in [0.4, 0.5) is 0 Å². The minimum absolute atomic E-state index is 0. The number of amides is 1. The third-order valence-electron chi connectivity index (χ3n) is 4.40. The summed E-state index contributed by atoms with van der Waals surface area (Å²) in [5.41, 5.74) is 7.22. The van der Waals surface area contributed by atoms with Gasteiger partial charge in [-0.15, -0.1) is 12.4 Å². The summed E-state index contributed by atoms with van der Waals surface area (Å²) in [6, 6.07) is 10.4. The molecule has 3 unspecified atom stereocenters. The molecular weight excluding hydrogens is 284 g/mol. The van der Waals surface area contributed by atoms with E-state index in [2.05, 4.69) is 19.1 Å². The number of piperidine rings is 1. The van der Waals surface area contributed by atoms with Gasteiger partial charge in [0.05, 0.1) is 0 Å². The van der Waals surface area contributed by atoms with Crippen LogP contribution in [0.15, 0.2) is 30.3 Å². The van der Waals surface area contributed by atoms with Gasteiger partial charge in [-0.05, 0) is 37.2 Å². The Balaban J connectivity index is 0.00000220. The van der Waals surface area contributed by atoms with Gasteiger partial charge in [0.2, 0.25) is 5.91 Å². The Bertz CT molecular complexity index is 436. The molecule has 21 heavy (non-hydrogen) atoms. The number of carbonyl (C=O) groups is 1. The number of hydrogen-bond donors (Lipinski definition) is 1. The molecule has 0 saturated carbocycles. The van der Waals surface area contributed by atoms with E-state index in [1.807, 2.05) is 30.0 Å². The van der Waals surface area contributed by atoms with Gasteiger partial charge in [0, 0.05) is 25.6 Å². The zero-order chi connectivity index (χ0) is 14.5. The largest absolute Gasteiger partial charge is 0.342 e. The molecule has 0 spiro atoms. The van der Waals surface area contributed by atoms with E-state index in [0.717, 1.165) is 25.9 Å². The van der Waals surface area contributed by atoms with Crippen LogP contribution < -0.4 is 5.73 Å². The third-order valence-corrected chi connectivity index (χ3v) is 4.40. The molecule has 1 heterocycles. The van der Waals surface area contributed by atoms with Crippen LogP contribution in [-0.4, -0.2) is 29.9 Å². The highest BCUT2D eigenvalue weighted by molar-refractivity contribution is 5.85. The second kappa shape index (κ2) is 8.40. The molecule has 1 saturated heterocycles. The van der Waals surface area contributed by atoms with Gasteiger partial charge >= 0.3 is 0 Å². The van der Waals surface area contributed by atoms with Gasteiger partial charge in [0.25, 0.3) is 0 Å². The van der Waals surface area contributed by atoms with Gasteiger partial charge in [-0.25, -0.2) is 0 Å². The van der Waals surface area contributed by atoms with Crippen molar-refractivity contribution in [3.8, 4) is 0 Å². The highest BCUT2D eigenvalue weighted by Gasteiger charge is 2.26. The molecule has 1 aromatic carbocycles. The monoisotopic (exact) mass is 310 g/mol. The molecule has 1 aromatic rings. The zero-order valence-electron chi connectivity index (χ0n) is 13.0. The molecule has 4 heteroatoms. The van der Waals surface area contributed by atoms with E-state index in [1.165, 1.54) is 5.56 Å². The van der Waals surface area contributed by atoms with Crippen LogP contribution in [-0.2, 0) is 4.79 Å². The van der Waals surface area contributed by atoms with Gasteiger partial charge in [0.1, 0.15) is 0 Å². The summed E-state index contributed by atoms with van der Waals surface area (Å²) in [4.78, 5) is 14.4. The number of nitrogens with zero attached hydrogens (tertiary/aromatic N) is 1. The Morgan fingerprint density at radius 3 is 2.62 bits per heavy atom. The third kappa shape index (κ3) is 5.01. The lowest BCUT2D eigenvalue weighted by Gasteiger charge is -2.35. The van der Waals surface area contributed by atoms with Gasteiger partial charge in [-0.1, -0.05) is 37.3 Å². The van der Waals surface area contributed by atoms with Crippen LogP contribution in [0.5, 0.6) is 0 Å². The summed E-state index contributed by atoms with van der Waals surface area (Å²) in [5, 5.41) is 0. The zero-order valence-corrected chi connectivity index (χ0v) is 13.8. The van der Waals surface area contributed by atoms with E-state index in [0.29, 0.717) is 12.3 Å². The van der Waals surface area contributed by atoms with Crippen LogP contribution >= 0.6 is 12.4 Å². The highest BCUT2D eigenvalue weighted by Crippen LogP contribution is 2.23. The number of benzene rings is 1. The number of hydrogen-bond acceptors (Lipinski definition) is 2. The molecule has 0 bridgehead atoms. The van der Waals surface area contributed by atoms with Gasteiger partial charge < -0.3 is 10.6 Å². The van der Waals surface area contributed by atoms with E-state index in [1.54, 1.807) is 0 Å². The average molecular weight is 311 g/mol. The molecule has 1 aliphatic rings. The maximum absolute atomic E-state index is 12.4. The number of likely N-dealkylation sites (tertiary alicyclic amines) is 1. The Kier molecular flexibility index (Phi) is 7.20. The van der Waals surface area contributed by atoms with Crippen LogP contribution in [0, 0.1) is 5.92 Å². The fraction of sp³-hybridized carbons (Fsp3) is 0.588. The minimum Gasteiger partial charge on any atom is -0.342 e. The summed E-state index contributed by atoms with van der Waals surface area (Å²) < 4.78 is 0. The first-order valence-corrected chi connectivity index (χ1v) is 7.66. The first-order chi connectivity index (χ1) is 9.58. The summed E-state index contributed by atoms with van der Waals surface area (Å²) in [6.45, 7) is 5.90. The first kappa shape index (κ1) is 18.0. The molecule has 1 amide bonds. The summed E-state index contributed by atoms with van der Waals surface area (Å²) in [7, 11) is 0. The first-order valence-electron chi connectivity index (χ1n) is 7.66. The highest BCUT2D eigenvalue weighted by atomic mass is 35.5. The van der Waals surface area contributed by atoms with Crippen molar-refractivity contribution in [3.63, 3.8) is 0 Å². The predicted molar refractivity (Wildman–Crippen MR) is 89.7 cm³/mol. The van der Waals surface area contributed by atoms with Crippen LogP contribution in [0.2, 0.25) is 0 Å². The van der Waals surface area contributed by atoms with Crippen molar-refractivity contribution in [1.29, 1.82) is 0 Å². The van der Waals surface area contributed by atoms with Crippen molar-refractivity contribution in [2.24, 2.45) is 11.7 Å². The summed E-state index contributed by atoms with van der Waals surface area (Å²) >= 11 is 0. The van der Waals surface area contributed by atoms with Crippen molar-refractivity contribution in [3.05, 3.63) is 35.9 Å². The van der Waals surface area contributed by atoms with Crippen LogP contribution in [0.3, 0.4) is 0 Å². The van der Waals surface area contributed by atoms with Gasteiger partial charge in [0.15, 0.2) is 0 Å². The Labute approximate surface area is 134 Å². The Hall–Kier alpha value is -1.06. The van der Waals surface area contributed by atoms with Crippen molar-refractivity contribution in [2.45, 2.75) is 45.1 Å². The normalized spacial score (nSPS) is 21.3. The molecule has 0 aromatic heterocycles. The Morgan fingerprint density at radius 2 is 2.00 bits per heavy atom. The van der Waals surface area contributed by atoms with E-state index in [4.69, 9.17) is 5.73 Å². The van der Waals surface area contributed by atoms with Crippen molar-refractivity contribution in [1.82, 2.24) is 4.90 Å². The van der Waals surface area contributed by atoms with Crippen molar-refractivity contribution >= 4 is 18.3 Å². The molecule has 118 valence electrons. The summed E-state index contributed by atoms with van der Waals surface area (Å²) in [5.74, 6) is 1.01. The van der Waals surface area contributed by atoms with Crippen LogP contribution in [0.1, 0.15) is 44.6 Å². The minimum atomic E-state index is 0. The lowest BCUT2D eigenvalue weighted by Crippen LogP contribution is -2.45. The number of halogens is 1. The fourth-order valence-corrected chi connectivity index (χ4v) is 2.96. The number of carbonyl (C=O) groups excluding carboxylic acids is 1. The lowest BCUT2D eigenvalue weighted by molar-refractivity contribution is -0.133. The molecule has 1 aliphatic heterocycles. The molecule has 3 nitrogen and oxygen atoms in total. The molecular formula is C17H27ClN2O. The quantitative estimate of drug-likeness (QED) is 0.928. The van der Waals surface area contributed by atoms with Crippen molar-refractivity contribution in [2.75, 3.05) is 13.1 Å². The maximum atomic E-state index is 12.4. The van der Waals surface area contributed by atoms with Gasteiger partial charge in [-0.3, -0.25) is 4.79 Å². The second-order valence-electron chi connectivity index (χ2n) is 6.12. The number of rotatable bonds is 4. The van der Waals surface area contributed by atoms with E-state index >= 15 is 0 Å². The standard InChI is InChI=1S/C17H26N2O.ClH/c1-13(15-7-4-3-5-8-15)11-17(20)19-10-6-9-16(12-19)14(2)18;/h3-5,7-8,13-14,16H,6,9-12,18H2,1-2H3;1H. The second-order valence-corrected chi connectivity index (χ2v) is 6.12.